The van der Waals surface area contributed by atoms with Gasteiger partial charge in [-0.3, -0.25) is 9.78 Å². The van der Waals surface area contributed by atoms with Crippen molar-refractivity contribution in [2.75, 3.05) is 0 Å². The van der Waals surface area contributed by atoms with E-state index in [1.54, 1.807) is 12.3 Å². The minimum absolute atomic E-state index is 0.00817. The summed E-state index contributed by atoms with van der Waals surface area (Å²) in [5, 5.41) is 12.2. The molecule has 7 heteroatoms. The molecule has 2 heterocycles. The molecule has 3 rings (SSSR count). The molecule has 3 aromatic rings. The van der Waals surface area contributed by atoms with Crippen molar-refractivity contribution in [1.82, 2.24) is 25.4 Å². The van der Waals surface area contributed by atoms with Gasteiger partial charge in [0.25, 0.3) is 5.91 Å². The number of carbonyl (C=O) groups excluding carboxylic acids is 1. The van der Waals surface area contributed by atoms with Crippen LogP contribution < -0.4 is 5.43 Å². The number of hydrazone groups is 1. The fourth-order valence-corrected chi connectivity index (χ4v) is 1.76. The minimum atomic E-state index is -0.303. The van der Waals surface area contributed by atoms with Gasteiger partial charge >= 0.3 is 0 Å². The van der Waals surface area contributed by atoms with E-state index in [9.17, 15) is 4.79 Å². The highest BCUT2D eigenvalue weighted by Gasteiger charge is 2.05. The summed E-state index contributed by atoms with van der Waals surface area (Å²) in [5.41, 5.74) is 4.59. The molecule has 0 spiro atoms. The number of nitrogens with one attached hydrogen (secondary N) is 1. The molecule has 0 saturated heterocycles. The number of carbonyl (C=O) groups is 1. The number of benzene rings is 1. The molecule has 0 aliphatic carbocycles. The first-order valence-electron chi connectivity index (χ1n) is 6.34. The van der Waals surface area contributed by atoms with E-state index in [4.69, 9.17) is 0 Å². The van der Waals surface area contributed by atoms with E-state index in [1.165, 1.54) is 11.0 Å². The highest BCUT2D eigenvalue weighted by atomic mass is 16.2. The summed E-state index contributed by atoms with van der Waals surface area (Å²) < 4.78 is 0. The molecule has 0 atom stereocenters. The predicted molar refractivity (Wildman–Crippen MR) is 77.5 cm³/mol. The first-order chi connectivity index (χ1) is 10.3. The van der Waals surface area contributed by atoms with Crippen LogP contribution in [-0.2, 0) is 11.3 Å². The van der Waals surface area contributed by atoms with Crippen LogP contribution in [0.25, 0.3) is 11.0 Å². The van der Waals surface area contributed by atoms with Gasteiger partial charge in [-0.25, -0.2) is 5.43 Å². The highest BCUT2D eigenvalue weighted by molar-refractivity contribution is 5.80. The van der Waals surface area contributed by atoms with E-state index in [2.05, 4.69) is 25.7 Å². The van der Waals surface area contributed by atoms with Crippen molar-refractivity contribution in [2.24, 2.45) is 5.10 Å². The lowest BCUT2D eigenvalue weighted by molar-refractivity contribution is -0.122. The normalized spacial score (nSPS) is 11.0. The van der Waals surface area contributed by atoms with E-state index >= 15 is 0 Å². The van der Waals surface area contributed by atoms with E-state index in [1.807, 2.05) is 36.4 Å². The Kier molecular flexibility index (Phi) is 3.64. The maximum Gasteiger partial charge on any atom is 0.263 e. The van der Waals surface area contributed by atoms with E-state index in [-0.39, 0.29) is 12.5 Å². The van der Waals surface area contributed by atoms with Crippen LogP contribution in [0, 0.1) is 0 Å². The summed E-state index contributed by atoms with van der Waals surface area (Å²) in [5.74, 6) is -0.303. The molecule has 7 nitrogen and oxygen atoms in total. The molecule has 0 saturated carbocycles. The quantitative estimate of drug-likeness (QED) is 0.570. The maximum atomic E-state index is 11.7. The van der Waals surface area contributed by atoms with Crippen LogP contribution in [0.4, 0.5) is 0 Å². The average Bonchev–Trinajstić information content (AvgIpc) is 2.90. The minimum Gasteiger partial charge on any atom is -0.271 e. The molecule has 0 bridgehead atoms. The fourth-order valence-electron chi connectivity index (χ4n) is 1.76. The van der Waals surface area contributed by atoms with Gasteiger partial charge in [0.05, 0.1) is 11.9 Å². The number of nitrogens with zero attached hydrogens (tertiary/aromatic N) is 5. The second kappa shape index (κ2) is 5.91. The molecule has 1 amide bonds. The van der Waals surface area contributed by atoms with Crippen LogP contribution in [-0.4, -0.2) is 32.1 Å². The van der Waals surface area contributed by atoms with Crippen molar-refractivity contribution >= 4 is 23.2 Å². The third-order valence-electron chi connectivity index (χ3n) is 2.69. The maximum absolute atomic E-state index is 11.7. The summed E-state index contributed by atoms with van der Waals surface area (Å²) in [6, 6.07) is 12.9. The fraction of sp³-hybridized carbons (Fsp3) is 0.0714. The van der Waals surface area contributed by atoms with Crippen LogP contribution in [0.3, 0.4) is 0 Å². The summed E-state index contributed by atoms with van der Waals surface area (Å²) in [6.07, 6.45) is 3.13. The Bertz CT molecular complexity index is 747. The molecule has 104 valence electrons. The molecule has 0 aliphatic rings. The molecule has 1 aromatic carbocycles. The molecule has 0 unspecified atom stereocenters. The van der Waals surface area contributed by atoms with Gasteiger partial charge in [0, 0.05) is 6.20 Å². The van der Waals surface area contributed by atoms with Crippen molar-refractivity contribution in [3.8, 4) is 0 Å². The summed E-state index contributed by atoms with van der Waals surface area (Å²) >= 11 is 0. The average molecular weight is 280 g/mol. The lowest BCUT2D eigenvalue weighted by atomic mass is 10.3. The second-order valence-electron chi connectivity index (χ2n) is 4.27. The summed E-state index contributed by atoms with van der Waals surface area (Å²) in [7, 11) is 0. The molecule has 0 aliphatic heterocycles. The van der Waals surface area contributed by atoms with E-state index in [0.29, 0.717) is 5.69 Å². The Morgan fingerprint density at radius 2 is 1.86 bits per heavy atom. The Hall–Kier alpha value is -3.09. The third-order valence-corrected chi connectivity index (χ3v) is 2.69. The topological polar surface area (TPSA) is 85.1 Å². The number of pyridine rings is 1. The number of fused-ring (bicyclic) bond motifs is 1. The van der Waals surface area contributed by atoms with Crippen LogP contribution in [0.15, 0.2) is 53.8 Å². The monoisotopic (exact) mass is 280 g/mol. The van der Waals surface area contributed by atoms with E-state index in [0.717, 1.165) is 11.0 Å². The zero-order valence-corrected chi connectivity index (χ0v) is 11.0. The van der Waals surface area contributed by atoms with Gasteiger partial charge in [-0.15, -0.1) is 0 Å². The first-order valence-corrected chi connectivity index (χ1v) is 6.34. The lowest BCUT2D eigenvalue weighted by Gasteiger charge is -1.98. The molecule has 21 heavy (non-hydrogen) atoms. The predicted octanol–water partition coefficient (Wildman–Crippen LogP) is 0.977. The van der Waals surface area contributed by atoms with Gasteiger partial charge in [0.2, 0.25) is 0 Å². The van der Waals surface area contributed by atoms with Crippen LogP contribution >= 0.6 is 0 Å². The standard InChI is InChI=1S/C14H12N6O/c21-14(17-16-9-11-5-3-4-8-15-11)10-20-18-12-6-1-2-7-13(12)19-20/h1-9H,10H2,(H,17,21)/b16-9-. The Labute approximate surface area is 120 Å². The van der Waals surface area contributed by atoms with Crippen LogP contribution in [0.2, 0.25) is 0 Å². The molecule has 1 N–H and O–H groups in total. The molecule has 0 fully saturated rings. The SMILES string of the molecule is O=C(Cn1nc2ccccc2n1)N/N=C\c1ccccn1. The smallest absolute Gasteiger partial charge is 0.263 e. The lowest BCUT2D eigenvalue weighted by Crippen LogP contribution is -2.24. The van der Waals surface area contributed by atoms with Crippen LogP contribution in [0.5, 0.6) is 0 Å². The second-order valence-corrected chi connectivity index (χ2v) is 4.27. The largest absolute Gasteiger partial charge is 0.271 e. The van der Waals surface area contributed by atoms with Gasteiger partial charge < -0.3 is 0 Å². The number of hydrogen-bond donors (Lipinski definition) is 1. The van der Waals surface area contributed by atoms with Gasteiger partial charge in [0.15, 0.2) is 0 Å². The number of amides is 1. The van der Waals surface area contributed by atoms with E-state index < -0.39 is 0 Å². The molecule has 2 aromatic heterocycles. The Morgan fingerprint density at radius 1 is 1.14 bits per heavy atom. The van der Waals surface area contributed by atoms with Gasteiger partial charge in [-0.05, 0) is 24.3 Å². The Balaban J connectivity index is 1.60. The van der Waals surface area contributed by atoms with Crippen molar-refractivity contribution in [1.29, 1.82) is 0 Å². The number of rotatable bonds is 4. The molecule has 0 radical (unpaired) electrons. The van der Waals surface area contributed by atoms with Crippen LogP contribution in [0.1, 0.15) is 5.69 Å². The number of hydrogen-bond acceptors (Lipinski definition) is 5. The van der Waals surface area contributed by atoms with Gasteiger partial charge in [0.1, 0.15) is 17.6 Å². The zero-order chi connectivity index (χ0) is 14.5. The molecular formula is C14H12N6O. The van der Waals surface area contributed by atoms with Gasteiger partial charge in [-0.2, -0.15) is 20.1 Å². The first kappa shape index (κ1) is 12.9. The summed E-state index contributed by atoms with van der Waals surface area (Å²) in [4.78, 5) is 17.1. The third kappa shape index (κ3) is 3.27. The summed E-state index contributed by atoms with van der Waals surface area (Å²) in [6.45, 7) is 0.00817. The van der Waals surface area contributed by atoms with Crippen molar-refractivity contribution in [2.45, 2.75) is 6.54 Å². The number of aromatic nitrogens is 4. The zero-order valence-electron chi connectivity index (χ0n) is 11.0. The van der Waals surface area contributed by atoms with Crippen molar-refractivity contribution in [3.63, 3.8) is 0 Å². The Morgan fingerprint density at radius 3 is 2.52 bits per heavy atom. The van der Waals surface area contributed by atoms with Crippen molar-refractivity contribution in [3.05, 3.63) is 54.4 Å². The highest BCUT2D eigenvalue weighted by Crippen LogP contribution is 2.06. The molecular weight excluding hydrogens is 268 g/mol. The van der Waals surface area contributed by atoms with Crippen molar-refractivity contribution < 1.29 is 4.79 Å². The van der Waals surface area contributed by atoms with Gasteiger partial charge in [-0.1, -0.05) is 18.2 Å².